The van der Waals surface area contributed by atoms with Crippen molar-refractivity contribution in [2.75, 3.05) is 0 Å². The van der Waals surface area contributed by atoms with Crippen molar-refractivity contribution in [3.05, 3.63) is 0 Å². The maximum absolute atomic E-state index is 11.4. The minimum absolute atomic E-state index is 0.108. The first-order chi connectivity index (χ1) is 8.11. The van der Waals surface area contributed by atoms with Crippen molar-refractivity contribution in [3.8, 4) is 0 Å². The second-order valence-corrected chi connectivity index (χ2v) is 5.21. The minimum Gasteiger partial charge on any atom is -0.376 e. The van der Waals surface area contributed by atoms with Gasteiger partial charge in [-0.2, -0.15) is 0 Å². The molecule has 0 aliphatic rings. The lowest BCUT2D eigenvalue weighted by molar-refractivity contribution is -0.137. The molecule has 0 amide bonds. The average Bonchev–Trinajstić information content (AvgIpc) is 2.32. The number of hydrogen-bond donors (Lipinski definition) is 0. The Bertz CT molecular complexity index is 234. The summed E-state index contributed by atoms with van der Waals surface area (Å²) in [6.45, 7) is 5.84. The molecule has 6 heteroatoms. The quantitative estimate of drug-likeness (QED) is 0.362. The fourth-order valence-corrected chi connectivity index (χ4v) is 2.14. The van der Waals surface area contributed by atoms with Crippen molar-refractivity contribution >= 4 is 34.1 Å². The summed E-state index contributed by atoms with van der Waals surface area (Å²) in [5, 5.41) is 0. The topological polar surface area (TPSA) is 52.6 Å². The van der Waals surface area contributed by atoms with Crippen molar-refractivity contribution in [2.24, 2.45) is 5.92 Å². The Morgan fingerprint density at radius 3 is 2.35 bits per heavy atom. The van der Waals surface area contributed by atoms with Gasteiger partial charge in [-0.1, -0.05) is 33.6 Å². The van der Waals surface area contributed by atoms with Gasteiger partial charge >= 0.3 is 11.9 Å². The molecule has 0 fully saturated rings. The molecule has 4 nitrogen and oxygen atoms in total. The van der Waals surface area contributed by atoms with E-state index in [1.54, 1.807) is 0 Å². The number of hydrogen-bond acceptors (Lipinski definition) is 6. The first kappa shape index (κ1) is 16.6. The third-order valence-electron chi connectivity index (χ3n) is 2.13. The Morgan fingerprint density at radius 2 is 1.76 bits per heavy atom. The molecule has 1 unspecified atom stereocenters. The van der Waals surface area contributed by atoms with Crippen LogP contribution in [0.3, 0.4) is 0 Å². The van der Waals surface area contributed by atoms with Crippen LogP contribution in [-0.2, 0) is 18.0 Å². The Balaban J connectivity index is 3.50. The zero-order valence-corrected chi connectivity index (χ0v) is 12.2. The first-order valence-electron chi connectivity index (χ1n) is 5.86. The second kappa shape index (κ2) is 10.8. The van der Waals surface area contributed by atoms with E-state index in [9.17, 15) is 9.59 Å². The predicted molar refractivity (Wildman–Crippen MR) is 71.0 cm³/mol. The van der Waals surface area contributed by atoms with E-state index in [-0.39, 0.29) is 17.9 Å². The number of carbonyl (C=O) groups is 2. The highest BCUT2D eigenvalue weighted by Crippen LogP contribution is 2.26. The first-order valence-corrected chi connectivity index (χ1v) is 7.86. The van der Waals surface area contributed by atoms with Gasteiger partial charge in [0.1, 0.15) is 0 Å². The molecule has 0 aromatic heterocycles. The summed E-state index contributed by atoms with van der Waals surface area (Å²) in [5.41, 5.74) is 0. The molecular formula is C11H20O4S2. The standard InChI is InChI=1S/C11H20O4S2/c1-4-6-8-10(12)14-16-17-15-11(13)9(3)7-5-2/h9H,4-8H2,1-3H3. The fraction of sp³-hybridized carbons (Fsp3) is 0.818. The monoisotopic (exact) mass is 280 g/mol. The van der Waals surface area contributed by atoms with Crippen LogP contribution < -0.4 is 0 Å². The SMILES string of the molecule is CCCCC(=O)OSSOC(=O)C(C)CCC. The fourth-order valence-electron chi connectivity index (χ4n) is 1.10. The van der Waals surface area contributed by atoms with Crippen LogP contribution in [0.1, 0.15) is 52.9 Å². The Kier molecular flexibility index (Phi) is 10.5. The summed E-state index contributed by atoms with van der Waals surface area (Å²) in [7, 11) is 0. The molecule has 0 bridgehead atoms. The van der Waals surface area contributed by atoms with Crippen LogP contribution in [0.4, 0.5) is 0 Å². The number of unbranched alkanes of at least 4 members (excludes halogenated alkanes) is 1. The molecule has 0 heterocycles. The van der Waals surface area contributed by atoms with Gasteiger partial charge in [0, 0.05) is 6.42 Å². The lowest BCUT2D eigenvalue weighted by atomic mass is 10.1. The summed E-state index contributed by atoms with van der Waals surface area (Å²) < 4.78 is 9.67. The molecule has 0 saturated carbocycles. The largest absolute Gasteiger partial charge is 0.376 e. The van der Waals surface area contributed by atoms with E-state index < -0.39 is 0 Å². The van der Waals surface area contributed by atoms with Gasteiger partial charge in [-0.15, -0.1) is 0 Å². The van der Waals surface area contributed by atoms with E-state index in [2.05, 4.69) is 0 Å². The summed E-state index contributed by atoms with van der Waals surface area (Å²) in [5.74, 6) is -0.653. The molecule has 1 atom stereocenters. The Morgan fingerprint density at radius 1 is 1.12 bits per heavy atom. The van der Waals surface area contributed by atoms with Gasteiger partial charge in [0.15, 0.2) is 22.1 Å². The molecule has 0 radical (unpaired) electrons. The molecular weight excluding hydrogens is 260 g/mol. The molecule has 0 aliphatic heterocycles. The van der Waals surface area contributed by atoms with Crippen LogP contribution in [-0.4, -0.2) is 11.9 Å². The van der Waals surface area contributed by atoms with Gasteiger partial charge in [0.05, 0.1) is 5.92 Å². The number of rotatable bonds is 9. The molecule has 0 aromatic rings. The van der Waals surface area contributed by atoms with Crippen LogP contribution in [0.5, 0.6) is 0 Å². The highest BCUT2D eigenvalue weighted by molar-refractivity contribution is 8.73. The molecule has 0 N–H and O–H groups in total. The zero-order chi connectivity index (χ0) is 13.1. The molecule has 17 heavy (non-hydrogen) atoms. The molecule has 0 saturated heterocycles. The molecule has 0 spiro atoms. The maximum Gasteiger partial charge on any atom is 0.321 e. The normalized spacial score (nSPS) is 11.9. The summed E-state index contributed by atoms with van der Waals surface area (Å²) in [6.07, 6.45) is 3.93. The third kappa shape index (κ3) is 9.35. The van der Waals surface area contributed by atoms with Crippen molar-refractivity contribution < 1.29 is 18.0 Å². The van der Waals surface area contributed by atoms with Gasteiger partial charge in [-0.25, -0.2) is 0 Å². The van der Waals surface area contributed by atoms with Gasteiger partial charge in [0.2, 0.25) is 0 Å². The predicted octanol–water partition coefficient (Wildman–Crippen LogP) is 3.91. The van der Waals surface area contributed by atoms with Crippen LogP contribution >= 0.6 is 22.1 Å². The second-order valence-electron chi connectivity index (χ2n) is 3.79. The highest BCUT2D eigenvalue weighted by atomic mass is 33.1. The molecule has 0 rings (SSSR count). The summed E-state index contributed by atoms with van der Waals surface area (Å²) >= 11 is 1.60. The third-order valence-corrected chi connectivity index (χ3v) is 3.25. The average molecular weight is 280 g/mol. The summed E-state index contributed by atoms with van der Waals surface area (Å²) in [6, 6.07) is 0. The van der Waals surface area contributed by atoms with Gasteiger partial charge in [-0.05, 0) is 12.8 Å². The van der Waals surface area contributed by atoms with E-state index in [1.165, 1.54) is 0 Å². The van der Waals surface area contributed by atoms with Crippen molar-refractivity contribution in [1.82, 2.24) is 0 Å². The summed E-state index contributed by atoms with van der Waals surface area (Å²) in [4.78, 5) is 22.4. The van der Waals surface area contributed by atoms with E-state index >= 15 is 0 Å². The molecule has 0 aliphatic carbocycles. The molecule has 0 aromatic carbocycles. The highest BCUT2D eigenvalue weighted by Gasteiger charge is 2.14. The van der Waals surface area contributed by atoms with Gasteiger partial charge in [0.25, 0.3) is 0 Å². The lowest BCUT2D eigenvalue weighted by Crippen LogP contribution is -2.10. The van der Waals surface area contributed by atoms with Crippen LogP contribution in [0, 0.1) is 5.92 Å². The Hall–Kier alpha value is -0.360. The van der Waals surface area contributed by atoms with Gasteiger partial charge < -0.3 is 8.37 Å². The van der Waals surface area contributed by atoms with Crippen LogP contribution in [0.25, 0.3) is 0 Å². The van der Waals surface area contributed by atoms with E-state index in [4.69, 9.17) is 8.37 Å². The van der Waals surface area contributed by atoms with Crippen LogP contribution in [0.2, 0.25) is 0 Å². The van der Waals surface area contributed by atoms with E-state index in [1.807, 2.05) is 20.8 Å². The van der Waals surface area contributed by atoms with Crippen molar-refractivity contribution in [1.29, 1.82) is 0 Å². The van der Waals surface area contributed by atoms with E-state index in [0.717, 1.165) is 47.8 Å². The lowest BCUT2D eigenvalue weighted by Gasteiger charge is -2.07. The Labute approximate surface area is 111 Å². The van der Waals surface area contributed by atoms with Crippen molar-refractivity contribution in [2.45, 2.75) is 52.9 Å². The zero-order valence-electron chi connectivity index (χ0n) is 10.6. The van der Waals surface area contributed by atoms with E-state index in [0.29, 0.717) is 6.42 Å². The molecule has 100 valence electrons. The minimum atomic E-state index is -0.276. The maximum atomic E-state index is 11.4. The van der Waals surface area contributed by atoms with Crippen molar-refractivity contribution in [3.63, 3.8) is 0 Å². The number of carbonyl (C=O) groups excluding carboxylic acids is 2. The van der Waals surface area contributed by atoms with Gasteiger partial charge in [-0.3, -0.25) is 9.59 Å². The smallest absolute Gasteiger partial charge is 0.321 e. The van der Waals surface area contributed by atoms with Crippen LogP contribution in [0.15, 0.2) is 0 Å².